The Kier molecular flexibility index (Phi) is 5.79. The van der Waals surface area contributed by atoms with Gasteiger partial charge >= 0.3 is 6.03 Å². The molecule has 22 heavy (non-hydrogen) atoms. The fourth-order valence-corrected chi connectivity index (χ4v) is 1.77. The van der Waals surface area contributed by atoms with Gasteiger partial charge in [-0.3, -0.25) is 0 Å². The average molecular weight is 308 g/mol. The van der Waals surface area contributed by atoms with Crippen molar-refractivity contribution in [3.8, 4) is 5.75 Å². The lowest BCUT2D eigenvalue weighted by Crippen LogP contribution is -2.32. The molecule has 1 heterocycles. The molecule has 0 fully saturated rings. The van der Waals surface area contributed by atoms with E-state index in [0.29, 0.717) is 17.2 Å². The molecular weight excluding hydrogens is 291 g/mol. The van der Waals surface area contributed by atoms with Crippen LogP contribution in [0.3, 0.4) is 0 Å². The van der Waals surface area contributed by atoms with Gasteiger partial charge in [-0.25, -0.2) is 9.18 Å². The van der Waals surface area contributed by atoms with Crippen LogP contribution < -0.4 is 15.4 Å². The maximum absolute atomic E-state index is 12.0. The number of alkyl halides is 1. The summed E-state index contributed by atoms with van der Waals surface area (Å²) in [5.74, 6) is 0.841. The maximum Gasteiger partial charge on any atom is 0.319 e. The molecule has 1 unspecified atom stereocenters. The third-order valence-corrected chi connectivity index (χ3v) is 2.77. The zero-order valence-electron chi connectivity index (χ0n) is 11.8. The fraction of sp³-hybridized carbons (Fsp3) is 0.267. The molecule has 118 valence electrons. The Bertz CT molecular complexity index is 589. The number of hydrogen-bond acceptors (Lipinski definition) is 4. The van der Waals surface area contributed by atoms with E-state index in [9.17, 15) is 14.3 Å². The average Bonchev–Trinajstić information content (AvgIpc) is 3.05. The van der Waals surface area contributed by atoms with Gasteiger partial charge in [-0.15, -0.1) is 0 Å². The van der Waals surface area contributed by atoms with Gasteiger partial charge in [0.1, 0.15) is 30.9 Å². The molecule has 0 bridgehead atoms. The van der Waals surface area contributed by atoms with Gasteiger partial charge in [0.2, 0.25) is 0 Å². The number of amides is 2. The quantitative estimate of drug-likeness (QED) is 0.734. The minimum absolute atomic E-state index is 0.0113. The van der Waals surface area contributed by atoms with Crippen LogP contribution in [0.1, 0.15) is 11.9 Å². The maximum atomic E-state index is 12.0. The van der Waals surface area contributed by atoms with Crippen LogP contribution in [0.5, 0.6) is 5.75 Å². The fourth-order valence-electron chi connectivity index (χ4n) is 1.77. The Morgan fingerprint density at radius 2 is 2.23 bits per heavy atom. The highest BCUT2D eigenvalue weighted by atomic mass is 19.1. The van der Waals surface area contributed by atoms with Crippen molar-refractivity contribution in [1.82, 2.24) is 5.32 Å². The SMILES string of the molecule is O=C(NCC(O)c1ccco1)Nc1cccc(OCCF)c1. The summed E-state index contributed by atoms with van der Waals surface area (Å²) in [6.07, 6.45) is 0.529. The molecule has 0 spiro atoms. The zero-order valence-corrected chi connectivity index (χ0v) is 11.8. The number of anilines is 1. The summed E-state index contributed by atoms with van der Waals surface area (Å²) in [5, 5.41) is 14.9. The van der Waals surface area contributed by atoms with Gasteiger partial charge in [0, 0.05) is 11.8 Å². The smallest absolute Gasteiger partial charge is 0.319 e. The Hall–Kier alpha value is -2.54. The van der Waals surface area contributed by atoms with Crippen LogP contribution in [0.15, 0.2) is 47.1 Å². The van der Waals surface area contributed by atoms with Crippen LogP contribution in [-0.2, 0) is 0 Å². The van der Waals surface area contributed by atoms with Crippen LogP contribution in [0.2, 0.25) is 0 Å². The Morgan fingerprint density at radius 3 is 2.95 bits per heavy atom. The van der Waals surface area contributed by atoms with E-state index < -0.39 is 18.8 Å². The molecule has 6 nitrogen and oxygen atoms in total. The Balaban J connectivity index is 1.81. The molecule has 1 atom stereocenters. The second-order valence-corrected chi connectivity index (χ2v) is 4.43. The molecule has 0 aliphatic heterocycles. The standard InChI is InChI=1S/C15H17FN2O4/c16-6-8-21-12-4-1-3-11(9-12)18-15(20)17-10-13(19)14-5-2-7-22-14/h1-5,7,9,13,19H,6,8,10H2,(H2,17,18,20). The molecule has 2 amide bonds. The van der Waals surface area contributed by atoms with Crippen molar-refractivity contribution >= 4 is 11.7 Å². The summed E-state index contributed by atoms with van der Waals surface area (Å²) < 4.78 is 22.2. The van der Waals surface area contributed by atoms with Crippen molar-refractivity contribution in [3.63, 3.8) is 0 Å². The number of carbonyl (C=O) groups excluding carboxylic acids is 1. The minimum Gasteiger partial charge on any atom is -0.491 e. The minimum atomic E-state index is -0.917. The highest BCUT2D eigenvalue weighted by molar-refractivity contribution is 5.89. The number of rotatable bonds is 7. The molecule has 7 heteroatoms. The van der Waals surface area contributed by atoms with Crippen molar-refractivity contribution < 1.29 is 23.4 Å². The third kappa shape index (κ3) is 4.78. The highest BCUT2D eigenvalue weighted by Gasteiger charge is 2.11. The van der Waals surface area contributed by atoms with E-state index in [0.717, 1.165) is 0 Å². The normalized spacial score (nSPS) is 11.7. The molecule has 3 N–H and O–H groups in total. The van der Waals surface area contributed by atoms with Gasteiger partial charge < -0.3 is 24.9 Å². The lowest BCUT2D eigenvalue weighted by molar-refractivity contribution is 0.149. The van der Waals surface area contributed by atoms with E-state index in [2.05, 4.69) is 10.6 Å². The summed E-state index contributed by atoms with van der Waals surface area (Å²) in [7, 11) is 0. The van der Waals surface area contributed by atoms with E-state index in [1.807, 2.05) is 0 Å². The predicted molar refractivity (Wildman–Crippen MR) is 78.6 cm³/mol. The van der Waals surface area contributed by atoms with E-state index in [1.165, 1.54) is 6.26 Å². The number of halogens is 1. The molecule has 2 aromatic rings. The molecule has 0 saturated heterocycles. The first-order valence-corrected chi connectivity index (χ1v) is 6.74. The van der Waals surface area contributed by atoms with Crippen molar-refractivity contribution in [3.05, 3.63) is 48.4 Å². The summed E-state index contributed by atoms with van der Waals surface area (Å²) in [4.78, 5) is 11.7. The van der Waals surface area contributed by atoms with Crippen LogP contribution in [0.4, 0.5) is 14.9 Å². The van der Waals surface area contributed by atoms with Gasteiger partial charge in [-0.2, -0.15) is 0 Å². The lowest BCUT2D eigenvalue weighted by atomic mass is 10.3. The van der Waals surface area contributed by atoms with Crippen molar-refractivity contribution in [2.45, 2.75) is 6.10 Å². The summed E-state index contributed by atoms with van der Waals surface area (Å²) >= 11 is 0. The predicted octanol–water partition coefficient (Wildman–Crippen LogP) is 2.48. The number of nitrogens with one attached hydrogen (secondary N) is 2. The largest absolute Gasteiger partial charge is 0.491 e. The molecule has 1 aromatic heterocycles. The van der Waals surface area contributed by atoms with E-state index in [-0.39, 0.29) is 13.2 Å². The van der Waals surface area contributed by atoms with E-state index >= 15 is 0 Å². The summed E-state index contributed by atoms with van der Waals surface area (Å²) in [5.41, 5.74) is 0.501. The zero-order chi connectivity index (χ0) is 15.8. The van der Waals surface area contributed by atoms with Gasteiger partial charge in [-0.05, 0) is 24.3 Å². The van der Waals surface area contributed by atoms with Crippen molar-refractivity contribution in [1.29, 1.82) is 0 Å². The first-order chi connectivity index (χ1) is 10.7. The Morgan fingerprint density at radius 1 is 1.36 bits per heavy atom. The topological polar surface area (TPSA) is 83.7 Å². The van der Waals surface area contributed by atoms with Crippen LogP contribution in [0, 0.1) is 0 Å². The number of furan rings is 1. The molecule has 0 saturated carbocycles. The first kappa shape index (κ1) is 15.8. The highest BCUT2D eigenvalue weighted by Crippen LogP contribution is 2.17. The first-order valence-electron chi connectivity index (χ1n) is 6.74. The van der Waals surface area contributed by atoms with Crippen molar-refractivity contribution in [2.24, 2.45) is 0 Å². The molecular formula is C15H17FN2O4. The van der Waals surface area contributed by atoms with Gasteiger partial charge in [-0.1, -0.05) is 6.07 Å². The summed E-state index contributed by atoms with van der Waals surface area (Å²) in [6, 6.07) is 9.40. The number of aliphatic hydroxyl groups excluding tert-OH is 1. The van der Waals surface area contributed by atoms with Crippen LogP contribution >= 0.6 is 0 Å². The molecule has 0 radical (unpaired) electrons. The van der Waals surface area contributed by atoms with Crippen LogP contribution in [0.25, 0.3) is 0 Å². The van der Waals surface area contributed by atoms with Crippen molar-refractivity contribution in [2.75, 3.05) is 25.1 Å². The molecule has 1 aromatic carbocycles. The number of hydrogen-bond donors (Lipinski definition) is 3. The van der Waals surface area contributed by atoms with Crippen LogP contribution in [-0.4, -0.2) is 31.0 Å². The third-order valence-electron chi connectivity index (χ3n) is 2.77. The Labute approximate surface area is 126 Å². The monoisotopic (exact) mass is 308 g/mol. The number of urea groups is 1. The van der Waals surface area contributed by atoms with E-state index in [1.54, 1.807) is 36.4 Å². The second-order valence-electron chi connectivity index (χ2n) is 4.43. The number of benzene rings is 1. The molecule has 0 aliphatic carbocycles. The second kappa shape index (κ2) is 8.04. The number of carbonyl (C=O) groups is 1. The number of ether oxygens (including phenoxy) is 1. The van der Waals surface area contributed by atoms with Gasteiger partial charge in [0.15, 0.2) is 0 Å². The van der Waals surface area contributed by atoms with Gasteiger partial charge in [0.05, 0.1) is 12.8 Å². The lowest BCUT2D eigenvalue weighted by Gasteiger charge is -2.11. The number of aliphatic hydroxyl groups is 1. The van der Waals surface area contributed by atoms with E-state index in [4.69, 9.17) is 9.15 Å². The van der Waals surface area contributed by atoms with Gasteiger partial charge in [0.25, 0.3) is 0 Å². The summed E-state index contributed by atoms with van der Waals surface area (Å²) in [6.45, 7) is -0.606. The molecule has 0 aliphatic rings. The molecule has 2 rings (SSSR count).